The molecule has 1 aliphatic carbocycles. The fraction of sp³-hybridized carbons (Fsp3) is 0.458. The molecular weight excluding hydrogens is 509 g/mol. The van der Waals surface area contributed by atoms with Gasteiger partial charge in [0.25, 0.3) is 5.91 Å². The van der Waals surface area contributed by atoms with E-state index in [1.54, 1.807) is 9.80 Å². The predicted octanol–water partition coefficient (Wildman–Crippen LogP) is 2.42. The first-order valence-corrected chi connectivity index (χ1v) is 15.1. The Bertz CT molecular complexity index is 1350. The molecule has 9 nitrogen and oxygen atoms in total. The van der Waals surface area contributed by atoms with Crippen LogP contribution in [-0.4, -0.2) is 73.2 Å². The van der Waals surface area contributed by atoms with Crippen LogP contribution in [0.15, 0.2) is 46.2 Å². The molecule has 0 unspecified atom stereocenters. The molecule has 1 amide bonds. The summed E-state index contributed by atoms with van der Waals surface area (Å²) in [6, 6.07) is 8.10. The lowest BCUT2D eigenvalue weighted by Gasteiger charge is -2.36. The van der Waals surface area contributed by atoms with Crippen LogP contribution in [0.3, 0.4) is 0 Å². The molecule has 12 heteroatoms. The van der Waals surface area contributed by atoms with Gasteiger partial charge in [0.15, 0.2) is 9.84 Å². The van der Waals surface area contributed by atoms with E-state index in [1.807, 2.05) is 0 Å². The summed E-state index contributed by atoms with van der Waals surface area (Å²) in [5, 5.41) is 0. The summed E-state index contributed by atoms with van der Waals surface area (Å²) < 4.78 is 71.1. The summed E-state index contributed by atoms with van der Waals surface area (Å²) in [5.74, 6) is -0.648. The molecule has 0 atom stereocenters. The number of hydrogen-bond acceptors (Lipinski definition) is 7. The topological polar surface area (TPSA) is 113 Å². The summed E-state index contributed by atoms with van der Waals surface area (Å²) in [7, 11) is -5.98. The lowest BCUT2D eigenvalue weighted by molar-refractivity contribution is 0.0739. The minimum absolute atomic E-state index is 0.0157. The maximum Gasteiger partial charge on any atom is 0.257 e. The van der Waals surface area contributed by atoms with E-state index >= 15 is 0 Å². The highest BCUT2D eigenvalue weighted by atomic mass is 32.2. The zero-order chi connectivity index (χ0) is 26.1. The Morgan fingerprint density at radius 3 is 2.19 bits per heavy atom. The first-order chi connectivity index (χ1) is 17.0. The number of amides is 1. The maximum absolute atomic E-state index is 14.7. The predicted molar refractivity (Wildman–Crippen MR) is 133 cm³/mol. The first kappa shape index (κ1) is 26.4. The van der Waals surface area contributed by atoms with Gasteiger partial charge < -0.3 is 14.5 Å². The third-order valence-electron chi connectivity index (χ3n) is 6.61. The molecule has 2 aromatic carbocycles. The van der Waals surface area contributed by atoms with Crippen molar-refractivity contribution in [3.8, 4) is 5.75 Å². The summed E-state index contributed by atoms with van der Waals surface area (Å²) >= 11 is 0. The van der Waals surface area contributed by atoms with Gasteiger partial charge in [-0.25, -0.2) is 25.9 Å². The van der Waals surface area contributed by atoms with Crippen LogP contribution in [0.1, 0.15) is 36.0 Å². The Labute approximate surface area is 211 Å². The van der Waals surface area contributed by atoms with Crippen molar-refractivity contribution in [2.45, 2.75) is 41.6 Å². The van der Waals surface area contributed by atoms with Gasteiger partial charge in [-0.1, -0.05) is 0 Å². The van der Waals surface area contributed by atoms with E-state index in [9.17, 15) is 26.0 Å². The molecule has 2 fully saturated rings. The Balaban J connectivity index is 1.54. The van der Waals surface area contributed by atoms with Crippen molar-refractivity contribution in [3.05, 3.63) is 47.8 Å². The van der Waals surface area contributed by atoms with Crippen LogP contribution >= 0.6 is 0 Å². The molecule has 2 aromatic rings. The van der Waals surface area contributed by atoms with E-state index in [0.29, 0.717) is 18.8 Å². The lowest BCUT2D eigenvalue weighted by Crippen LogP contribution is -2.49. The van der Waals surface area contributed by atoms with Gasteiger partial charge >= 0.3 is 0 Å². The largest absolute Gasteiger partial charge is 0.490 e. The number of halogens is 1. The summed E-state index contributed by atoms with van der Waals surface area (Å²) in [5.41, 5.74) is 0.442. The van der Waals surface area contributed by atoms with Crippen molar-refractivity contribution in [2.24, 2.45) is 0 Å². The van der Waals surface area contributed by atoms with E-state index in [4.69, 9.17) is 4.74 Å². The summed E-state index contributed by atoms with van der Waals surface area (Å²) in [4.78, 5) is 16.7. The van der Waals surface area contributed by atoms with Crippen molar-refractivity contribution >= 4 is 31.5 Å². The Morgan fingerprint density at radius 1 is 0.972 bits per heavy atom. The fourth-order valence-corrected chi connectivity index (χ4v) is 5.93. The number of nitrogens with one attached hydrogen (secondary N) is 1. The van der Waals surface area contributed by atoms with Crippen LogP contribution in [-0.2, 0) is 19.9 Å². The Morgan fingerprint density at radius 2 is 1.61 bits per heavy atom. The molecule has 0 radical (unpaired) electrons. The van der Waals surface area contributed by atoms with Crippen LogP contribution in [0.5, 0.6) is 5.75 Å². The molecule has 4 rings (SSSR count). The average Bonchev–Trinajstić information content (AvgIpc) is 3.36. The Hall–Kier alpha value is -2.70. The van der Waals surface area contributed by atoms with Gasteiger partial charge in [0.2, 0.25) is 10.0 Å². The molecule has 2 aliphatic rings. The summed E-state index contributed by atoms with van der Waals surface area (Å²) in [6.45, 7) is 1.21. The molecule has 0 bridgehead atoms. The average molecular weight is 540 g/mol. The standard InChI is InChI=1S/C24H30FN3O6S2/c1-26-36(32,33)19-8-10-23(34-17-5-3-4-6-17)20(15-19)24(29)28-13-11-27(12-14-28)22-9-7-18(16-21(22)25)35(2,30)31/h7-10,15-17,26H,3-6,11-14H2,1-2H3. The van der Waals surface area contributed by atoms with Gasteiger partial charge in [0.1, 0.15) is 11.6 Å². The SMILES string of the molecule is CNS(=O)(=O)c1ccc(OC2CCCC2)c(C(=O)N2CCN(c3ccc(S(C)(=O)=O)cc3F)CC2)c1. The van der Waals surface area contributed by atoms with Crippen LogP contribution in [0.2, 0.25) is 0 Å². The molecule has 1 aliphatic heterocycles. The van der Waals surface area contributed by atoms with Crippen LogP contribution in [0.25, 0.3) is 0 Å². The van der Waals surface area contributed by atoms with Gasteiger partial charge in [0, 0.05) is 32.4 Å². The van der Waals surface area contributed by atoms with Crippen LogP contribution in [0.4, 0.5) is 10.1 Å². The molecule has 196 valence electrons. The fourth-order valence-electron chi connectivity index (χ4n) is 4.55. The number of ether oxygens (including phenoxy) is 1. The number of sulfonamides is 1. The van der Waals surface area contributed by atoms with E-state index in [1.165, 1.54) is 37.4 Å². The monoisotopic (exact) mass is 539 g/mol. The Kier molecular flexibility index (Phi) is 7.58. The van der Waals surface area contributed by atoms with Gasteiger partial charge in [0.05, 0.1) is 27.1 Å². The second-order valence-electron chi connectivity index (χ2n) is 9.05. The third kappa shape index (κ3) is 5.65. The number of carbonyl (C=O) groups is 1. The second-order valence-corrected chi connectivity index (χ2v) is 13.0. The van der Waals surface area contributed by atoms with Crippen LogP contribution in [0, 0.1) is 5.82 Å². The van der Waals surface area contributed by atoms with E-state index in [2.05, 4.69) is 4.72 Å². The molecule has 1 saturated heterocycles. The maximum atomic E-state index is 14.7. The highest BCUT2D eigenvalue weighted by Gasteiger charge is 2.29. The number of piperazine rings is 1. The number of carbonyl (C=O) groups excluding carboxylic acids is 1. The zero-order valence-electron chi connectivity index (χ0n) is 20.2. The highest BCUT2D eigenvalue weighted by Crippen LogP contribution is 2.30. The number of benzene rings is 2. The first-order valence-electron chi connectivity index (χ1n) is 11.8. The minimum atomic E-state index is -3.76. The smallest absolute Gasteiger partial charge is 0.257 e. The van der Waals surface area contributed by atoms with E-state index in [0.717, 1.165) is 38.0 Å². The number of hydrogen-bond donors (Lipinski definition) is 1. The summed E-state index contributed by atoms with van der Waals surface area (Å²) in [6.07, 6.45) is 4.86. The normalized spacial score (nSPS) is 17.4. The molecule has 1 N–H and O–H groups in total. The molecule has 1 heterocycles. The van der Waals surface area contributed by atoms with E-state index in [-0.39, 0.29) is 46.1 Å². The van der Waals surface area contributed by atoms with E-state index < -0.39 is 25.7 Å². The van der Waals surface area contributed by atoms with Crippen molar-refractivity contribution in [2.75, 3.05) is 44.4 Å². The number of nitrogens with zero attached hydrogens (tertiary/aromatic N) is 2. The molecule has 36 heavy (non-hydrogen) atoms. The van der Waals surface area contributed by atoms with Gasteiger partial charge in [-0.15, -0.1) is 0 Å². The number of rotatable bonds is 7. The molecule has 0 aromatic heterocycles. The van der Waals surface area contributed by atoms with Crippen molar-refractivity contribution in [1.82, 2.24) is 9.62 Å². The zero-order valence-corrected chi connectivity index (χ0v) is 21.9. The second kappa shape index (κ2) is 10.3. The minimum Gasteiger partial charge on any atom is -0.490 e. The van der Waals surface area contributed by atoms with Crippen molar-refractivity contribution in [3.63, 3.8) is 0 Å². The van der Waals surface area contributed by atoms with Gasteiger partial charge in [-0.3, -0.25) is 4.79 Å². The highest BCUT2D eigenvalue weighted by molar-refractivity contribution is 7.90. The third-order valence-corrected chi connectivity index (χ3v) is 9.13. The molecule has 0 spiro atoms. The van der Waals surface area contributed by atoms with Gasteiger partial charge in [-0.2, -0.15) is 0 Å². The lowest BCUT2D eigenvalue weighted by atomic mass is 10.1. The van der Waals surface area contributed by atoms with Gasteiger partial charge in [-0.05, 0) is 69.1 Å². The number of anilines is 1. The van der Waals surface area contributed by atoms with Crippen molar-refractivity contribution in [1.29, 1.82) is 0 Å². The van der Waals surface area contributed by atoms with Crippen LogP contribution < -0.4 is 14.4 Å². The number of sulfone groups is 1. The molecule has 1 saturated carbocycles. The molecular formula is C24H30FN3O6S2. The van der Waals surface area contributed by atoms with Crippen molar-refractivity contribution < 1.29 is 30.8 Å². The quantitative estimate of drug-likeness (QED) is 0.575.